The molecular weight excluding hydrogens is 342 g/mol. The van der Waals surface area contributed by atoms with E-state index in [0.717, 1.165) is 16.3 Å². The Morgan fingerprint density at radius 1 is 1.00 bits per heavy atom. The Balaban J connectivity index is 1.94. The highest BCUT2D eigenvalue weighted by molar-refractivity contribution is 7.99. The summed E-state index contributed by atoms with van der Waals surface area (Å²) in [4.78, 5) is 22.1. The summed E-state index contributed by atoms with van der Waals surface area (Å²) in [7, 11) is 7.49. The van der Waals surface area contributed by atoms with Crippen molar-refractivity contribution in [1.82, 2.24) is 34.9 Å². The van der Waals surface area contributed by atoms with Gasteiger partial charge in [0.1, 0.15) is 12.1 Å². The van der Waals surface area contributed by atoms with Gasteiger partial charge in [-0.05, 0) is 25.6 Å². The van der Waals surface area contributed by atoms with E-state index >= 15 is 0 Å². The monoisotopic (exact) mass is 361 g/mol. The van der Waals surface area contributed by atoms with Crippen molar-refractivity contribution in [3.63, 3.8) is 0 Å². The molecule has 0 N–H and O–H groups in total. The third-order valence-corrected chi connectivity index (χ3v) is 4.39. The van der Waals surface area contributed by atoms with Gasteiger partial charge in [-0.25, -0.2) is 4.98 Å². The Morgan fingerprint density at radius 3 is 2.16 bits per heavy atom. The van der Waals surface area contributed by atoms with Crippen LogP contribution < -0.4 is 9.80 Å². The summed E-state index contributed by atoms with van der Waals surface area (Å²) >= 11 is 1.39. The molecule has 0 radical (unpaired) electrons. The van der Waals surface area contributed by atoms with Gasteiger partial charge in [-0.1, -0.05) is 5.16 Å². The van der Waals surface area contributed by atoms with Crippen LogP contribution in [0.4, 0.5) is 11.9 Å². The van der Waals surface area contributed by atoms with Crippen molar-refractivity contribution in [2.75, 3.05) is 38.0 Å². The van der Waals surface area contributed by atoms with E-state index in [1.54, 1.807) is 6.33 Å². The standard InChI is InChI=1S/C14H19N9OS/c1-8-10(9(2)24-20-8)25-14-15-7-23(19-14)13-17-11(21(3)4)16-12(18-13)22(5)6/h7H,1-6H3. The first-order valence-electron chi connectivity index (χ1n) is 7.48. The van der Waals surface area contributed by atoms with Gasteiger partial charge in [0.15, 0.2) is 0 Å². The lowest BCUT2D eigenvalue weighted by atomic mass is 10.4. The Labute approximate surface area is 149 Å². The molecule has 0 saturated heterocycles. The van der Waals surface area contributed by atoms with Crippen LogP contribution in [0.2, 0.25) is 0 Å². The van der Waals surface area contributed by atoms with Gasteiger partial charge in [-0.15, -0.1) is 5.10 Å². The number of rotatable bonds is 5. The van der Waals surface area contributed by atoms with Crippen molar-refractivity contribution in [1.29, 1.82) is 0 Å². The highest BCUT2D eigenvalue weighted by atomic mass is 32.2. The fraction of sp³-hybridized carbons (Fsp3) is 0.429. The third-order valence-electron chi connectivity index (χ3n) is 3.24. The van der Waals surface area contributed by atoms with Gasteiger partial charge in [0, 0.05) is 28.2 Å². The minimum atomic E-state index is 0.403. The number of anilines is 2. The van der Waals surface area contributed by atoms with Gasteiger partial charge in [0.05, 0.1) is 10.6 Å². The summed E-state index contributed by atoms with van der Waals surface area (Å²) in [5.74, 6) is 2.23. The molecule has 132 valence electrons. The van der Waals surface area contributed by atoms with Crippen LogP contribution in [0.5, 0.6) is 0 Å². The van der Waals surface area contributed by atoms with Crippen LogP contribution in [0.25, 0.3) is 5.95 Å². The van der Waals surface area contributed by atoms with Crippen LogP contribution in [0.15, 0.2) is 20.9 Å². The maximum absolute atomic E-state index is 5.17. The summed E-state index contributed by atoms with van der Waals surface area (Å²) in [6.45, 7) is 3.74. The minimum absolute atomic E-state index is 0.403. The molecule has 10 nitrogen and oxygen atoms in total. The molecule has 0 fully saturated rings. The molecule has 3 heterocycles. The normalized spacial score (nSPS) is 11.0. The molecule has 0 spiro atoms. The van der Waals surface area contributed by atoms with Gasteiger partial charge in [0.2, 0.25) is 17.1 Å². The average molecular weight is 361 g/mol. The van der Waals surface area contributed by atoms with E-state index in [2.05, 4.69) is 30.2 Å². The lowest BCUT2D eigenvalue weighted by Crippen LogP contribution is -2.20. The highest BCUT2D eigenvalue weighted by Crippen LogP contribution is 2.30. The van der Waals surface area contributed by atoms with Crippen LogP contribution in [0, 0.1) is 13.8 Å². The maximum atomic E-state index is 5.17. The molecule has 0 unspecified atom stereocenters. The molecule has 0 aliphatic carbocycles. The first-order valence-corrected chi connectivity index (χ1v) is 8.30. The fourth-order valence-electron chi connectivity index (χ4n) is 1.95. The quantitative estimate of drug-likeness (QED) is 0.661. The first-order chi connectivity index (χ1) is 11.8. The molecule has 3 rings (SSSR count). The summed E-state index contributed by atoms with van der Waals surface area (Å²) in [6, 6.07) is 0. The van der Waals surface area contributed by atoms with Crippen LogP contribution in [-0.2, 0) is 0 Å². The van der Waals surface area contributed by atoms with Crippen molar-refractivity contribution in [3.8, 4) is 5.95 Å². The summed E-state index contributed by atoms with van der Waals surface area (Å²) < 4.78 is 6.70. The highest BCUT2D eigenvalue weighted by Gasteiger charge is 2.16. The topological polar surface area (TPSA) is 102 Å². The molecule has 0 bridgehead atoms. The zero-order chi connectivity index (χ0) is 18.1. The van der Waals surface area contributed by atoms with Crippen LogP contribution >= 0.6 is 11.8 Å². The van der Waals surface area contributed by atoms with Gasteiger partial charge < -0.3 is 14.3 Å². The van der Waals surface area contributed by atoms with Crippen molar-refractivity contribution >= 4 is 23.7 Å². The second kappa shape index (κ2) is 6.67. The van der Waals surface area contributed by atoms with E-state index in [4.69, 9.17) is 4.52 Å². The predicted octanol–water partition coefficient (Wildman–Crippen LogP) is 1.34. The Hall–Kier alpha value is -2.69. The Bertz CT molecular complexity index is 841. The van der Waals surface area contributed by atoms with E-state index in [-0.39, 0.29) is 0 Å². The SMILES string of the molecule is Cc1noc(C)c1Sc1ncn(-c2nc(N(C)C)nc(N(C)C)n2)n1. The number of nitrogens with zero attached hydrogens (tertiary/aromatic N) is 9. The summed E-state index contributed by atoms with van der Waals surface area (Å²) in [5, 5.41) is 8.95. The smallest absolute Gasteiger partial charge is 0.258 e. The predicted molar refractivity (Wildman–Crippen MR) is 93.5 cm³/mol. The number of hydrogen-bond acceptors (Lipinski definition) is 10. The molecule has 0 aromatic carbocycles. The fourth-order valence-corrected chi connectivity index (χ4v) is 2.73. The van der Waals surface area contributed by atoms with E-state index in [1.165, 1.54) is 16.4 Å². The molecule has 0 amide bonds. The molecule has 0 aliphatic rings. The second-order valence-electron chi connectivity index (χ2n) is 5.75. The number of hydrogen-bond donors (Lipinski definition) is 0. The van der Waals surface area contributed by atoms with Gasteiger partial charge in [-0.2, -0.15) is 19.6 Å². The summed E-state index contributed by atoms with van der Waals surface area (Å²) in [6.07, 6.45) is 1.58. The van der Waals surface area contributed by atoms with Crippen LogP contribution in [0.1, 0.15) is 11.5 Å². The van der Waals surface area contributed by atoms with Crippen molar-refractivity contribution < 1.29 is 4.52 Å². The molecule has 0 saturated carbocycles. The Morgan fingerprint density at radius 2 is 1.64 bits per heavy atom. The van der Waals surface area contributed by atoms with E-state index in [9.17, 15) is 0 Å². The maximum Gasteiger partial charge on any atom is 0.258 e. The zero-order valence-corrected chi connectivity index (χ0v) is 15.7. The van der Waals surface area contributed by atoms with Crippen LogP contribution in [-0.4, -0.2) is 63.1 Å². The largest absolute Gasteiger partial charge is 0.360 e. The van der Waals surface area contributed by atoms with Crippen molar-refractivity contribution in [2.24, 2.45) is 0 Å². The van der Waals surface area contributed by atoms with E-state index in [0.29, 0.717) is 23.0 Å². The van der Waals surface area contributed by atoms with E-state index in [1.807, 2.05) is 51.8 Å². The first kappa shape index (κ1) is 17.1. The molecular formula is C14H19N9OS. The van der Waals surface area contributed by atoms with Crippen LogP contribution in [0.3, 0.4) is 0 Å². The zero-order valence-electron chi connectivity index (χ0n) is 14.9. The lowest BCUT2D eigenvalue weighted by Gasteiger charge is -2.15. The third kappa shape index (κ3) is 3.55. The minimum Gasteiger partial charge on any atom is -0.360 e. The molecule has 3 aromatic heterocycles. The van der Waals surface area contributed by atoms with Gasteiger partial charge >= 0.3 is 0 Å². The van der Waals surface area contributed by atoms with E-state index < -0.39 is 0 Å². The molecule has 0 aliphatic heterocycles. The van der Waals surface area contributed by atoms with Crippen molar-refractivity contribution in [2.45, 2.75) is 23.9 Å². The lowest BCUT2D eigenvalue weighted by molar-refractivity contribution is 0.391. The number of aryl methyl sites for hydroxylation is 2. The second-order valence-corrected chi connectivity index (χ2v) is 6.73. The van der Waals surface area contributed by atoms with Crippen molar-refractivity contribution in [3.05, 3.63) is 17.8 Å². The van der Waals surface area contributed by atoms with Gasteiger partial charge in [0.25, 0.3) is 5.95 Å². The number of aromatic nitrogens is 7. The molecule has 25 heavy (non-hydrogen) atoms. The summed E-state index contributed by atoms with van der Waals surface area (Å²) in [5.41, 5.74) is 0.809. The van der Waals surface area contributed by atoms with Gasteiger partial charge in [-0.3, -0.25) is 0 Å². The molecule has 11 heteroatoms. The molecule has 0 atom stereocenters. The molecule has 3 aromatic rings. The average Bonchev–Trinajstić information content (AvgIpc) is 3.16. The Kier molecular flexibility index (Phi) is 4.57.